The molecule has 0 aromatic carbocycles. The zero-order valence-corrected chi connectivity index (χ0v) is 12.0. The lowest BCUT2D eigenvalue weighted by molar-refractivity contribution is 0.650. The summed E-state index contributed by atoms with van der Waals surface area (Å²) < 4.78 is 1.58. The third kappa shape index (κ3) is 2.27. The Morgan fingerprint density at radius 1 is 1.38 bits per heavy atom. The average molecular weight is 281 g/mol. The van der Waals surface area contributed by atoms with Crippen LogP contribution >= 0.6 is 0 Å². The molecule has 0 amide bonds. The van der Waals surface area contributed by atoms with Gasteiger partial charge in [-0.15, -0.1) is 0 Å². The van der Waals surface area contributed by atoms with Crippen molar-refractivity contribution in [1.82, 2.24) is 14.5 Å². The molecule has 0 saturated heterocycles. The van der Waals surface area contributed by atoms with Crippen LogP contribution < -0.4 is 10.5 Å². The molecule has 106 valence electrons. The van der Waals surface area contributed by atoms with E-state index in [2.05, 4.69) is 16.0 Å². The summed E-state index contributed by atoms with van der Waals surface area (Å²) in [5, 5.41) is 8.81. The zero-order valence-electron chi connectivity index (χ0n) is 12.0. The fourth-order valence-electron chi connectivity index (χ4n) is 2.52. The standard InChI is InChI=1S/C15H15N5O/c1-10-18-13-5-6-20(9-12(13)15(21)19(10)2)14-4-3-11(7-16)8-17-14/h3-4,8H,5-6,9H2,1-2H3. The molecule has 0 unspecified atom stereocenters. The van der Waals surface area contributed by atoms with Gasteiger partial charge in [-0.05, 0) is 19.1 Å². The lowest BCUT2D eigenvalue weighted by Gasteiger charge is -2.29. The molecule has 0 saturated carbocycles. The van der Waals surface area contributed by atoms with E-state index >= 15 is 0 Å². The number of aromatic nitrogens is 3. The summed E-state index contributed by atoms with van der Waals surface area (Å²) in [6.45, 7) is 3.12. The van der Waals surface area contributed by atoms with Crippen LogP contribution in [0.5, 0.6) is 0 Å². The molecule has 3 rings (SSSR count). The van der Waals surface area contributed by atoms with Crippen LogP contribution in [-0.4, -0.2) is 21.1 Å². The first-order chi connectivity index (χ1) is 10.1. The molecule has 0 radical (unpaired) electrons. The molecule has 0 bridgehead atoms. The van der Waals surface area contributed by atoms with Gasteiger partial charge in [0.2, 0.25) is 0 Å². The van der Waals surface area contributed by atoms with Gasteiger partial charge in [-0.3, -0.25) is 9.36 Å². The summed E-state index contributed by atoms with van der Waals surface area (Å²) in [6, 6.07) is 5.61. The van der Waals surface area contributed by atoms with Crippen molar-refractivity contribution in [2.24, 2.45) is 7.05 Å². The fraction of sp³-hybridized carbons (Fsp3) is 0.333. The summed E-state index contributed by atoms with van der Waals surface area (Å²) in [6.07, 6.45) is 2.28. The predicted octanol–water partition coefficient (Wildman–Crippen LogP) is 0.918. The van der Waals surface area contributed by atoms with Crippen molar-refractivity contribution >= 4 is 5.82 Å². The van der Waals surface area contributed by atoms with Gasteiger partial charge >= 0.3 is 0 Å². The minimum Gasteiger partial charge on any atom is -0.352 e. The second-order valence-corrected chi connectivity index (χ2v) is 5.14. The second kappa shape index (κ2) is 5.02. The number of hydrogen-bond donors (Lipinski definition) is 0. The molecule has 2 aromatic heterocycles. The van der Waals surface area contributed by atoms with Crippen LogP contribution in [0.25, 0.3) is 0 Å². The van der Waals surface area contributed by atoms with Gasteiger partial charge in [-0.25, -0.2) is 9.97 Å². The summed E-state index contributed by atoms with van der Waals surface area (Å²) >= 11 is 0. The predicted molar refractivity (Wildman–Crippen MR) is 77.9 cm³/mol. The molecule has 6 heteroatoms. The van der Waals surface area contributed by atoms with Gasteiger partial charge in [-0.1, -0.05) is 0 Å². The molecule has 6 nitrogen and oxygen atoms in total. The number of nitriles is 1. The molecular weight excluding hydrogens is 266 g/mol. The molecule has 2 aromatic rings. The quantitative estimate of drug-likeness (QED) is 0.777. The highest BCUT2D eigenvalue weighted by atomic mass is 16.1. The van der Waals surface area contributed by atoms with E-state index in [1.54, 1.807) is 23.9 Å². The first-order valence-corrected chi connectivity index (χ1v) is 6.76. The SMILES string of the molecule is Cc1nc2c(c(=O)n1C)CN(c1ccc(C#N)cn1)CC2. The Kier molecular flexibility index (Phi) is 3.18. The number of pyridine rings is 1. The molecule has 0 aliphatic carbocycles. The number of anilines is 1. The van der Waals surface area contributed by atoms with Crippen molar-refractivity contribution in [2.75, 3.05) is 11.4 Å². The van der Waals surface area contributed by atoms with Gasteiger partial charge in [0.15, 0.2) is 0 Å². The highest BCUT2D eigenvalue weighted by molar-refractivity contribution is 5.44. The third-order valence-corrected chi connectivity index (χ3v) is 3.86. The first-order valence-electron chi connectivity index (χ1n) is 6.76. The van der Waals surface area contributed by atoms with E-state index in [4.69, 9.17) is 5.26 Å². The van der Waals surface area contributed by atoms with E-state index in [1.807, 2.05) is 17.9 Å². The zero-order chi connectivity index (χ0) is 15.0. The highest BCUT2D eigenvalue weighted by Gasteiger charge is 2.22. The average Bonchev–Trinajstić information content (AvgIpc) is 2.53. The molecule has 0 fully saturated rings. The molecule has 1 aliphatic rings. The largest absolute Gasteiger partial charge is 0.352 e. The van der Waals surface area contributed by atoms with Gasteiger partial charge in [0.1, 0.15) is 17.7 Å². The Morgan fingerprint density at radius 2 is 2.19 bits per heavy atom. The molecule has 3 heterocycles. The van der Waals surface area contributed by atoms with Crippen LogP contribution in [-0.2, 0) is 20.0 Å². The molecular formula is C15H15N5O. The van der Waals surface area contributed by atoms with Gasteiger partial charge in [0.05, 0.1) is 23.4 Å². The van der Waals surface area contributed by atoms with E-state index in [-0.39, 0.29) is 5.56 Å². The topological polar surface area (TPSA) is 74.8 Å². The molecule has 0 spiro atoms. The van der Waals surface area contributed by atoms with Crippen LogP contribution in [0, 0.1) is 18.3 Å². The molecule has 0 atom stereocenters. The van der Waals surface area contributed by atoms with Gasteiger partial charge in [0, 0.05) is 26.2 Å². The van der Waals surface area contributed by atoms with Crippen molar-refractivity contribution < 1.29 is 0 Å². The maximum atomic E-state index is 12.3. The van der Waals surface area contributed by atoms with E-state index in [0.717, 1.165) is 35.9 Å². The number of aryl methyl sites for hydroxylation is 1. The van der Waals surface area contributed by atoms with E-state index in [9.17, 15) is 4.79 Å². The van der Waals surface area contributed by atoms with Crippen LogP contribution in [0.4, 0.5) is 5.82 Å². The molecule has 0 N–H and O–H groups in total. The normalized spacial score (nSPS) is 13.7. The van der Waals surface area contributed by atoms with Crippen LogP contribution in [0.2, 0.25) is 0 Å². The Balaban J connectivity index is 1.95. The summed E-state index contributed by atoms with van der Waals surface area (Å²) in [5.41, 5.74) is 2.17. The second-order valence-electron chi connectivity index (χ2n) is 5.14. The first kappa shape index (κ1) is 13.3. The van der Waals surface area contributed by atoms with Crippen molar-refractivity contribution in [3.63, 3.8) is 0 Å². The van der Waals surface area contributed by atoms with E-state index in [1.165, 1.54) is 0 Å². The van der Waals surface area contributed by atoms with E-state index in [0.29, 0.717) is 12.1 Å². The monoisotopic (exact) mass is 281 g/mol. The Morgan fingerprint density at radius 3 is 2.86 bits per heavy atom. The lowest BCUT2D eigenvalue weighted by Crippen LogP contribution is -2.38. The van der Waals surface area contributed by atoms with Crippen molar-refractivity contribution in [3.8, 4) is 6.07 Å². The number of nitrogens with zero attached hydrogens (tertiary/aromatic N) is 5. The third-order valence-electron chi connectivity index (χ3n) is 3.86. The lowest BCUT2D eigenvalue weighted by atomic mass is 10.1. The maximum Gasteiger partial charge on any atom is 0.258 e. The van der Waals surface area contributed by atoms with Gasteiger partial charge < -0.3 is 4.90 Å². The minimum absolute atomic E-state index is 0.0100. The number of hydrogen-bond acceptors (Lipinski definition) is 5. The Bertz CT molecular complexity index is 785. The van der Waals surface area contributed by atoms with Crippen LogP contribution in [0.1, 0.15) is 22.6 Å². The smallest absolute Gasteiger partial charge is 0.258 e. The molecule has 1 aliphatic heterocycles. The summed E-state index contributed by atoms with van der Waals surface area (Å²) in [7, 11) is 1.74. The number of fused-ring (bicyclic) bond motifs is 1. The Labute approximate surface area is 122 Å². The van der Waals surface area contributed by atoms with Crippen molar-refractivity contribution in [3.05, 3.63) is 51.3 Å². The van der Waals surface area contributed by atoms with Gasteiger partial charge in [0.25, 0.3) is 5.56 Å². The number of rotatable bonds is 1. The Hall–Kier alpha value is -2.68. The van der Waals surface area contributed by atoms with E-state index < -0.39 is 0 Å². The summed E-state index contributed by atoms with van der Waals surface area (Å²) in [5.74, 6) is 1.52. The van der Waals surface area contributed by atoms with Gasteiger partial charge in [-0.2, -0.15) is 5.26 Å². The van der Waals surface area contributed by atoms with Crippen LogP contribution in [0.3, 0.4) is 0 Å². The fourth-order valence-corrected chi connectivity index (χ4v) is 2.52. The maximum absolute atomic E-state index is 12.3. The van der Waals surface area contributed by atoms with Crippen LogP contribution in [0.15, 0.2) is 23.1 Å². The minimum atomic E-state index is 0.0100. The highest BCUT2D eigenvalue weighted by Crippen LogP contribution is 2.20. The van der Waals surface area contributed by atoms with Crippen molar-refractivity contribution in [2.45, 2.75) is 19.9 Å². The molecule has 21 heavy (non-hydrogen) atoms. The summed E-state index contributed by atoms with van der Waals surface area (Å²) in [4.78, 5) is 23.2. The van der Waals surface area contributed by atoms with Crippen molar-refractivity contribution in [1.29, 1.82) is 5.26 Å².